The molecule has 1 amide bonds. The highest BCUT2D eigenvalue weighted by atomic mass is 32.2. The Bertz CT molecular complexity index is 776. The van der Waals surface area contributed by atoms with E-state index in [1.165, 1.54) is 23.4 Å². The summed E-state index contributed by atoms with van der Waals surface area (Å²) < 4.78 is 0. The molecule has 1 aromatic heterocycles. The van der Waals surface area contributed by atoms with Crippen molar-refractivity contribution < 1.29 is 4.79 Å². The molecule has 3 rings (SSSR count). The minimum absolute atomic E-state index is 0.114. The SMILES string of the molecule is Cc1cc(=O)[nH]c(SCC(=O)N2CCC[C@@H](c3ccccc3)CC2)n1. The van der Waals surface area contributed by atoms with Crippen molar-refractivity contribution >= 4 is 17.7 Å². The normalized spacial score (nSPS) is 18.0. The van der Waals surface area contributed by atoms with Crippen LogP contribution in [-0.2, 0) is 4.79 Å². The van der Waals surface area contributed by atoms with Crippen LogP contribution in [0.4, 0.5) is 0 Å². The van der Waals surface area contributed by atoms with Crippen LogP contribution < -0.4 is 5.56 Å². The van der Waals surface area contributed by atoms with Crippen LogP contribution in [0.25, 0.3) is 0 Å². The molecule has 0 aliphatic carbocycles. The lowest BCUT2D eigenvalue weighted by Crippen LogP contribution is -2.33. The standard InChI is InChI=1S/C19H23N3O2S/c1-14-12-17(23)21-19(20-14)25-13-18(24)22-10-5-8-16(9-11-22)15-6-3-2-4-7-15/h2-4,6-7,12,16H,5,8-11,13H2,1H3,(H,20,21,23)/t16-/m1/s1. The lowest BCUT2D eigenvalue weighted by Gasteiger charge is -2.20. The van der Waals surface area contributed by atoms with Gasteiger partial charge in [-0.15, -0.1) is 0 Å². The summed E-state index contributed by atoms with van der Waals surface area (Å²) in [6, 6.07) is 12.0. The molecule has 132 valence electrons. The van der Waals surface area contributed by atoms with Gasteiger partial charge in [-0.2, -0.15) is 0 Å². The molecule has 1 aromatic carbocycles. The molecule has 2 heterocycles. The average Bonchev–Trinajstić information content (AvgIpc) is 2.86. The van der Waals surface area contributed by atoms with E-state index in [0.717, 1.165) is 32.4 Å². The van der Waals surface area contributed by atoms with Crippen LogP contribution in [-0.4, -0.2) is 39.6 Å². The van der Waals surface area contributed by atoms with Crippen LogP contribution >= 0.6 is 11.8 Å². The van der Waals surface area contributed by atoms with Crippen LogP contribution in [0.15, 0.2) is 46.3 Å². The highest BCUT2D eigenvalue weighted by Crippen LogP contribution is 2.28. The maximum atomic E-state index is 12.5. The second kappa shape index (κ2) is 8.34. The van der Waals surface area contributed by atoms with Crippen molar-refractivity contribution in [1.82, 2.24) is 14.9 Å². The van der Waals surface area contributed by atoms with Gasteiger partial charge in [0, 0.05) is 24.8 Å². The molecule has 1 aliphatic rings. The van der Waals surface area contributed by atoms with E-state index in [-0.39, 0.29) is 11.5 Å². The zero-order valence-corrected chi connectivity index (χ0v) is 15.2. The van der Waals surface area contributed by atoms with Gasteiger partial charge in [0.15, 0.2) is 5.16 Å². The van der Waals surface area contributed by atoms with Crippen molar-refractivity contribution in [2.24, 2.45) is 0 Å². The number of H-pyrrole nitrogens is 1. The van der Waals surface area contributed by atoms with E-state index >= 15 is 0 Å². The molecule has 5 nitrogen and oxygen atoms in total. The summed E-state index contributed by atoms with van der Waals surface area (Å²) in [5, 5.41) is 0.510. The zero-order chi connectivity index (χ0) is 17.6. The number of likely N-dealkylation sites (tertiary alicyclic amines) is 1. The van der Waals surface area contributed by atoms with Crippen LogP contribution in [0, 0.1) is 6.92 Å². The third-order valence-electron chi connectivity index (χ3n) is 4.53. The minimum atomic E-state index is -0.178. The number of amides is 1. The Balaban J connectivity index is 1.55. The Hall–Kier alpha value is -2.08. The molecule has 0 spiro atoms. The zero-order valence-electron chi connectivity index (χ0n) is 14.4. The molecule has 1 saturated heterocycles. The maximum absolute atomic E-state index is 12.5. The quantitative estimate of drug-likeness (QED) is 0.675. The summed E-state index contributed by atoms with van der Waals surface area (Å²) in [6.07, 6.45) is 3.14. The van der Waals surface area contributed by atoms with Crippen molar-refractivity contribution in [3.05, 3.63) is 58.0 Å². The van der Waals surface area contributed by atoms with E-state index in [9.17, 15) is 9.59 Å². The molecular weight excluding hydrogens is 334 g/mol. The molecule has 0 radical (unpaired) electrons. The molecule has 2 aromatic rings. The number of carbonyl (C=O) groups is 1. The molecule has 0 unspecified atom stereocenters. The smallest absolute Gasteiger partial charge is 0.251 e. The van der Waals surface area contributed by atoms with Crippen LogP contribution in [0.5, 0.6) is 0 Å². The Morgan fingerprint density at radius 1 is 1.28 bits per heavy atom. The third kappa shape index (κ3) is 4.95. The molecule has 1 fully saturated rings. The van der Waals surface area contributed by atoms with E-state index < -0.39 is 0 Å². The number of rotatable bonds is 4. The lowest BCUT2D eigenvalue weighted by molar-refractivity contribution is -0.128. The highest BCUT2D eigenvalue weighted by Gasteiger charge is 2.21. The predicted octanol–water partition coefficient (Wildman–Crippen LogP) is 2.97. The Morgan fingerprint density at radius 3 is 2.84 bits per heavy atom. The number of aromatic nitrogens is 2. The molecular formula is C19H23N3O2S. The number of benzene rings is 1. The van der Waals surface area contributed by atoms with Gasteiger partial charge in [-0.1, -0.05) is 42.1 Å². The number of nitrogens with one attached hydrogen (secondary N) is 1. The van der Waals surface area contributed by atoms with Crippen LogP contribution in [0.1, 0.15) is 36.4 Å². The lowest BCUT2D eigenvalue weighted by atomic mass is 9.92. The van der Waals surface area contributed by atoms with Crippen molar-refractivity contribution in [3.63, 3.8) is 0 Å². The second-order valence-corrected chi connectivity index (χ2v) is 7.36. The summed E-state index contributed by atoms with van der Waals surface area (Å²) in [4.78, 5) is 32.9. The number of carbonyl (C=O) groups excluding carboxylic acids is 1. The molecule has 25 heavy (non-hydrogen) atoms. The summed E-state index contributed by atoms with van der Waals surface area (Å²) in [6.45, 7) is 3.37. The van der Waals surface area contributed by atoms with E-state index in [2.05, 4.69) is 34.2 Å². The molecule has 1 N–H and O–H groups in total. The van der Waals surface area contributed by atoms with Gasteiger partial charge in [-0.3, -0.25) is 9.59 Å². The van der Waals surface area contributed by atoms with Gasteiger partial charge in [-0.05, 0) is 37.7 Å². The first-order valence-electron chi connectivity index (χ1n) is 8.65. The summed E-state index contributed by atoms with van der Waals surface area (Å²) in [5.41, 5.74) is 1.86. The number of aromatic amines is 1. The van der Waals surface area contributed by atoms with Crippen molar-refractivity contribution in [2.75, 3.05) is 18.8 Å². The summed E-state index contributed by atoms with van der Waals surface area (Å²) >= 11 is 1.30. The predicted molar refractivity (Wildman–Crippen MR) is 99.9 cm³/mol. The van der Waals surface area contributed by atoms with Gasteiger partial charge in [0.2, 0.25) is 5.91 Å². The number of thioether (sulfide) groups is 1. The monoisotopic (exact) mass is 357 g/mol. The van der Waals surface area contributed by atoms with Crippen LogP contribution in [0.2, 0.25) is 0 Å². The molecule has 0 saturated carbocycles. The third-order valence-corrected chi connectivity index (χ3v) is 5.39. The number of nitrogens with zero attached hydrogens (tertiary/aromatic N) is 2. The highest BCUT2D eigenvalue weighted by molar-refractivity contribution is 7.99. The first-order valence-corrected chi connectivity index (χ1v) is 9.64. The van der Waals surface area contributed by atoms with Gasteiger partial charge >= 0.3 is 0 Å². The first-order chi connectivity index (χ1) is 12.1. The Labute approximate surface area is 151 Å². The van der Waals surface area contributed by atoms with Gasteiger partial charge in [0.1, 0.15) is 0 Å². The first kappa shape index (κ1) is 17.7. The minimum Gasteiger partial charge on any atom is -0.342 e. The fourth-order valence-electron chi connectivity index (χ4n) is 3.25. The van der Waals surface area contributed by atoms with Gasteiger partial charge in [0.25, 0.3) is 5.56 Å². The molecule has 0 bridgehead atoms. The van der Waals surface area contributed by atoms with E-state index in [0.29, 0.717) is 22.5 Å². The van der Waals surface area contributed by atoms with E-state index in [4.69, 9.17) is 0 Å². The number of hydrogen-bond acceptors (Lipinski definition) is 4. The Morgan fingerprint density at radius 2 is 2.08 bits per heavy atom. The van der Waals surface area contributed by atoms with Gasteiger partial charge < -0.3 is 9.88 Å². The molecule has 1 atom stereocenters. The van der Waals surface area contributed by atoms with Crippen molar-refractivity contribution in [2.45, 2.75) is 37.3 Å². The second-order valence-electron chi connectivity index (χ2n) is 6.40. The fraction of sp³-hybridized carbons (Fsp3) is 0.421. The van der Waals surface area contributed by atoms with Crippen molar-refractivity contribution in [1.29, 1.82) is 0 Å². The average molecular weight is 357 g/mol. The largest absolute Gasteiger partial charge is 0.342 e. The summed E-state index contributed by atoms with van der Waals surface area (Å²) in [7, 11) is 0. The maximum Gasteiger partial charge on any atom is 0.251 e. The summed E-state index contributed by atoms with van der Waals surface area (Å²) in [5.74, 6) is 0.951. The van der Waals surface area contributed by atoms with Crippen LogP contribution in [0.3, 0.4) is 0 Å². The van der Waals surface area contributed by atoms with Gasteiger partial charge in [-0.25, -0.2) is 4.98 Å². The molecule has 6 heteroatoms. The fourth-order valence-corrected chi connectivity index (χ4v) is 4.07. The number of hydrogen-bond donors (Lipinski definition) is 1. The van der Waals surface area contributed by atoms with E-state index in [1.54, 1.807) is 6.92 Å². The number of aryl methyl sites for hydroxylation is 1. The van der Waals surface area contributed by atoms with Gasteiger partial charge in [0.05, 0.1) is 5.75 Å². The Kier molecular flexibility index (Phi) is 5.91. The topological polar surface area (TPSA) is 66.1 Å². The van der Waals surface area contributed by atoms with E-state index in [1.807, 2.05) is 11.0 Å². The van der Waals surface area contributed by atoms with Crippen molar-refractivity contribution in [3.8, 4) is 0 Å². The molecule has 1 aliphatic heterocycles.